The number of piperidine rings is 1. The number of aromatic amines is 1. The third kappa shape index (κ3) is 10.3. The molecule has 0 radical (unpaired) electrons. The third-order valence-electron chi connectivity index (χ3n) is 5.82. The molecule has 0 aliphatic carbocycles. The first-order valence-corrected chi connectivity index (χ1v) is 11.9. The van der Waals surface area contributed by atoms with Gasteiger partial charge in [0.1, 0.15) is 18.3 Å². The molecule has 1 aromatic heterocycles. The number of nitrogens with zero attached hydrogens (tertiary/aromatic N) is 4. The van der Waals surface area contributed by atoms with E-state index in [1.54, 1.807) is 4.57 Å². The molecule has 188 valence electrons. The Morgan fingerprint density at radius 1 is 1.24 bits per heavy atom. The Kier molecular flexibility index (Phi) is 14.8. The fourth-order valence-corrected chi connectivity index (χ4v) is 3.74. The van der Waals surface area contributed by atoms with E-state index in [2.05, 4.69) is 45.2 Å². The molecule has 1 saturated heterocycles. The largest absolute Gasteiger partial charge is 0.471 e. The second kappa shape index (κ2) is 17.1. The summed E-state index contributed by atoms with van der Waals surface area (Å²) in [6, 6.07) is 0. The van der Waals surface area contributed by atoms with Gasteiger partial charge in [-0.1, -0.05) is 26.7 Å². The van der Waals surface area contributed by atoms with E-state index in [-0.39, 0.29) is 18.3 Å². The highest BCUT2D eigenvalue weighted by atomic mass is 16.5. The van der Waals surface area contributed by atoms with Gasteiger partial charge in [0.25, 0.3) is 6.47 Å². The van der Waals surface area contributed by atoms with E-state index in [0.29, 0.717) is 31.1 Å². The minimum absolute atomic E-state index is 0.171. The number of amidine groups is 1. The number of aliphatic imine (C=N–C) groups is 2. The highest BCUT2D eigenvalue weighted by molar-refractivity contribution is 5.99. The molecule has 0 atom stereocenters. The number of hydrogen-bond donors (Lipinski definition) is 2. The first-order chi connectivity index (χ1) is 16.0. The van der Waals surface area contributed by atoms with Crippen molar-refractivity contribution in [3.8, 4) is 0 Å². The number of nitrogens with two attached hydrogens (primary N) is 1. The van der Waals surface area contributed by atoms with E-state index in [9.17, 15) is 4.79 Å². The van der Waals surface area contributed by atoms with Crippen LogP contribution >= 0.6 is 0 Å². The lowest BCUT2D eigenvalue weighted by Gasteiger charge is -2.31. The first kappa shape index (κ1) is 28.6. The predicted molar refractivity (Wildman–Crippen MR) is 132 cm³/mol. The molecule has 2 heterocycles. The van der Waals surface area contributed by atoms with Crippen molar-refractivity contribution in [1.82, 2.24) is 14.5 Å². The zero-order valence-electron chi connectivity index (χ0n) is 20.6. The SMILES string of the molecule is C=Nc1c(/C(N)=N\COCCCC)[nH]c(=O)n1CCCCN1CCC(CC)CC1.COC=O. The second-order valence-electron chi connectivity index (χ2n) is 8.11. The van der Waals surface area contributed by atoms with Crippen LogP contribution in [0.2, 0.25) is 0 Å². The topological polar surface area (TPSA) is 127 Å². The van der Waals surface area contributed by atoms with Gasteiger partial charge in [0.2, 0.25) is 0 Å². The number of rotatable bonds is 14. The van der Waals surface area contributed by atoms with Crippen LogP contribution in [0.3, 0.4) is 0 Å². The van der Waals surface area contributed by atoms with Crippen LogP contribution in [-0.4, -0.2) is 73.6 Å². The van der Waals surface area contributed by atoms with E-state index in [0.717, 1.165) is 38.1 Å². The standard InChI is InChI=1S/C21H38N6O2.C2H4O2/c1-4-6-15-29-16-24-19(22)18-20(23-3)27(21(28)25-18)12-8-7-11-26-13-9-17(5-2)10-14-26;1-4-2-3/h17H,3-16H2,1-2H3,(H2,22,24)(H,25,28);2H,1H3. The van der Waals surface area contributed by atoms with E-state index in [4.69, 9.17) is 15.3 Å². The van der Waals surface area contributed by atoms with Gasteiger partial charge in [-0.15, -0.1) is 0 Å². The van der Waals surface area contributed by atoms with Crippen LogP contribution in [-0.2, 0) is 20.8 Å². The van der Waals surface area contributed by atoms with Crippen molar-refractivity contribution in [2.24, 2.45) is 21.6 Å². The molecule has 0 spiro atoms. The van der Waals surface area contributed by atoms with E-state index in [1.165, 1.54) is 39.5 Å². The summed E-state index contributed by atoms with van der Waals surface area (Å²) in [6.07, 6.45) is 7.92. The Morgan fingerprint density at radius 2 is 1.91 bits per heavy atom. The average molecular weight is 467 g/mol. The Bertz CT molecular complexity index is 765. The maximum atomic E-state index is 12.4. The molecule has 3 N–H and O–H groups in total. The molecular formula is C23H42N6O4. The number of imidazole rings is 1. The first-order valence-electron chi connectivity index (χ1n) is 11.9. The van der Waals surface area contributed by atoms with Crippen molar-refractivity contribution in [2.45, 2.75) is 65.3 Å². The van der Waals surface area contributed by atoms with E-state index < -0.39 is 0 Å². The van der Waals surface area contributed by atoms with Gasteiger partial charge in [-0.2, -0.15) is 0 Å². The normalized spacial score (nSPS) is 15.1. The van der Waals surface area contributed by atoms with Crippen LogP contribution in [0.5, 0.6) is 0 Å². The minimum atomic E-state index is -0.226. The number of carbonyl (C=O) groups excluding carboxylic acids is 1. The number of hydrogen-bond acceptors (Lipinski definition) is 7. The smallest absolute Gasteiger partial charge is 0.327 e. The molecular weight excluding hydrogens is 424 g/mol. The van der Waals surface area contributed by atoms with Crippen molar-refractivity contribution in [3.05, 3.63) is 16.2 Å². The third-order valence-corrected chi connectivity index (χ3v) is 5.82. The molecule has 0 bridgehead atoms. The van der Waals surface area contributed by atoms with Crippen molar-refractivity contribution >= 4 is 24.8 Å². The molecule has 2 rings (SSSR count). The number of H-pyrrole nitrogens is 1. The maximum Gasteiger partial charge on any atom is 0.327 e. The molecule has 10 nitrogen and oxygen atoms in total. The molecule has 10 heteroatoms. The van der Waals surface area contributed by atoms with Crippen LogP contribution in [0.25, 0.3) is 0 Å². The molecule has 0 saturated carbocycles. The second-order valence-corrected chi connectivity index (χ2v) is 8.11. The van der Waals surface area contributed by atoms with Gasteiger partial charge >= 0.3 is 5.69 Å². The Labute approximate surface area is 197 Å². The zero-order valence-corrected chi connectivity index (χ0v) is 20.6. The molecule has 1 aromatic rings. The summed E-state index contributed by atoms with van der Waals surface area (Å²) in [4.78, 5) is 34.8. The van der Waals surface area contributed by atoms with Gasteiger partial charge in [-0.25, -0.2) is 14.8 Å². The average Bonchev–Trinajstić information content (AvgIpc) is 3.17. The lowest BCUT2D eigenvalue weighted by atomic mass is 9.94. The predicted octanol–water partition coefficient (Wildman–Crippen LogP) is 2.68. The molecule has 1 aliphatic rings. The number of unbranched alkanes of at least 4 members (excludes halogenated alkanes) is 2. The summed E-state index contributed by atoms with van der Waals surface area (Å²) in [6.45, 7) is 13.2. The van der Waals surface area contributed by atoms with E-state index in [1.807, 2.05) is 0 Å². The molecule has 33 heavy (non-hydrogen) atoms. The molecule has 0 aromatic carbocycles. The fourth-order valence-electron chi connectivity index (χ4n) is 3.74. The van der Waals surface area contributed by atoms with Gasteiger partial charge < -0.3 is 25.1 Å². The summed E-state index contributed by atoms with van der Waals surface area (Å²) < 4.78 is 10.9. The Hall–Kier alpha value is -2.46. The number of aromatic nitrogens is 2. The quantitative estimate of drug-likeness (QED) is 0.188. The lowest BCUT2D eigenvalue weighted by molar-refractivity contribution is -0.126. The number of ether oxygens (including phenoxy) is 2. The summed E-state index contributed by atoms with van der Waals surface area (Å²) >= 11 is 0. The summed E-state index contributed by atoms with van der Waals surface area (Å²) in [5.41, 5.74) is 6.23. The van der Waals surface area contributed by atoms with Crippen LogP contribution < -0.4 is 11.4 Å². The van der Waals surface area contributed by atoms with Crippen LogP contribution in [0.4, 0.5) is 5.82 Å². The van der Waals surface area contributed by atoms with Crippen molar-refractivity contribution in [3.63, 3.8) is 0 Å². The molecule has 1 aliphatic heterocycles. The Balaban J connectivity index is 0.00000125. The fraction of sp³-hybridized carbons (Fsp3) is 0.739. The number of carbonyl (C=O) groups is 1. The molecule has 1 fully saturated rings. The zero-order chi connectivity index (χ0) is 24.5. The van der Waals surface area contributed by atoms with Crippen molar-refractivity contribution in [2.75, 3.05) is 40.1 Å². The monoisotopic (exact) mass is 466 g/mol. The maximum absolute atomic E-state index is 12.4. The number of nitrogens with one attached hydrogen (secondary N) is 1. The number of likely N-dealkylation sites (tertiary alicyclic amines) is 1. The molecule has 0 amide bonds. The summed E-state index contributed by atoms with van der Waals surface area (Å²) in [5, 5.41) is 0. The van der Waals surface area contributed by atoms with Gasteiger partial charge in [-0.05, 0) is 64.4 Å². The van der Waals surface area contributed by atoms with Gasteiger partial charge in [0, 0.05) is 13.2 Å². The minimum Gasteiger partial charge on any atom is -0.471 e. The van der Waals surface area contributed by atoms with E-state index >= 15 is 0 Å². The van der Waals surface area contributed by atoms with Crippen LogP contribution in [0, 0.1) is 5.92 Å². The highest BCUT2D eigenvalue weighted by Gasteiger charge is 2.18. The lowest BCUT2D eigenvalue weighted by Crippen LogP contribution is -2.34. The molecule has 0 unspecified atom stereocenters. The number of methoxy groups -OCH3 is 1. The van der Waals surface area contributed by atoms with Gasteiger partial charge in [-0.3, -0.25) is 9.36 Å². The highest BCUT2D eigenvalue weighted by Crippen LogP contribution is 2.20. The van der Waals surface area contributed by atoms with Crippen molar-refractivity contribution < 1.29 is 14.3 Å². The van der Waals surface area contributed by atoms with Gasteiger partial charge in [0.15, 0.2) is 5.82 Å². The van der Waals surface area contributed by atoms with Crippen LogP contribution in [0.15, 0.2) is 14.8 Å². The summed E-state index contributed by atoms with van der Waals surface area (Å²) in [5.74, 6) is 1.57. The van der Waals surface area contributed by atoms with Crippen LogP contribution in [0.1, 0.15) is 64.5 Å². The Morgan fingerprint density at radius 3 is 2.48 bits per heavy atom. The van der Waals surface area contributed by atoms with Crippen molar-refractivity contribution in [1.29, 1.82) is 0 Å². The summed E-state index contributed by atoms with van der Waals surface area (Å²) in [7, 11) is 1.31. The van der Waals surface area contributed by atoms with Gasteiger partial charge in [0.05, 0.1) is 7.11 Å².